The predicted octanol–water partition coefficient (Wildman–Crippen LogP) is 15.5. The number of amides is 3. The van der Waals surface area contributed by atoms with Gasteiger partial charge in [0.25, 0.3) is 46.0 Å². The normalized spacial score (nSPS) is 16.3. The lowest BCUT2D eigenvalue weighted by atomic mass is 9.76. The third kappa shape index (κ3) is 21.7. The minimum atomic E-state index is -3.81. The number of hydrogen-bond donors (Lipinski definition) is 6. The van der Waals surface area contributed by atoms with Crippen LogP contribution in [0, 0.1) is 22.9 Å². The average molecular weight is 1860 g/mol. The molecular weight excluding hydrogens is 1770 g/mol. The van der Waals surface area contributed by atoms with Crippen molar-refractivity contribution in [2.45, 2.75) is 83.1 Å². The molecule has 2 atom stereocenters. The number of thiazole rings is 3. The number of halogens is 4. The smallest absolute Gasteiger partial charge is 0.268 e. The number of anilines is 8. The van der Waals surface area contributed by atoms with Gasteiger partial charge < -0.3 is 39.5 Å². The molecule has 660 valence electrons. The highest BCUT2D eigenvalue weighted by molar-refractivity contribution is 7.93. The number of fused-ring (bicyclic) bond motifs is 2. The van der Waals surface area contributed by atoms with E-state index in [0.717, 1.165) is 76.4 Å². The molecule has 39 heteroatoms. The quantitative estimate of drug-likeness (QED) is 0.0327. The lowest BCUT2D eigenvalue weighted by Crippen LogP contribution is -2.49. The average Bonchev–Trinajstić information content (AvgIpc) is 1.62. The van der Waals surface area contributed by atoms with E-state index in [1.165, 1.54) is 150 Å². The van der Waals surface area contributed by atoms with Crippen molar-refractivity contribution in [2.75, 3.05) is 97.4 Å². The molecule has 4 saturated heterocycles. The van der Waals surface area contributed by atoms with Crippen molar-refractivity contribution < 1.29 is 74.5 Å². The number of rotatable bonds is 24. The van der Waals surface area contributed by atoms with Crippen molar-refractivity contribution in [1.29, 1.82) is 0 Å². The molecule has 13 aromatic rings. The summed E-state index contributed by atoms with van der Waals surface area (Å²) < 4.78 is 156. The minimum absolute atomic E-state index is 0. The lowest BCUT2D eigenvalue weighted by Gasteiger charge is -2.40. The van der Waals surface area contributed by atoms with Crippen molar-refractivity contribution >= 4 is 158 Å². The van der Waals surface area contributed by atoms with E-state index in [0.29, 0.717) is 77.8 Å². The number of carbonyl (C=O) groups is 3. The fourth-order valence-corrected chi connectivity index (χ4v) is 21.7. The molecule has 0 radical (unpaired) electrons. The second kappa shape index (κ2) is 38.7. The molecule has 0 bridgehead atoms. The molecule has 18 rings (SSSR count). The van der Waals surface area contributed by atoms with E-state index in [9.17, 15) is 61.2 Å². The van der Waals surface area contributed by atoms with Gasteiger partial charge in [0.05, 0.1) is 32.0 Å². The molecule has 9 heterocycles. The van der Waals surface area contributed by atoms with Crippen LogP contribution in [0.3, 0.4) is 0 Å². The summed E-state index contributed by atoms with van der Waals surface area (Å²) in [5, 5.41) is 10.8. The van der Waals surface area contributed by atoms with Crippen LogP contribution in [-0.2, 0) is 80.2 Å². The van der Waals surface area contributed by atoms with Crippen LogP contribution in [0.1, 0.15) is 56.5 Å². The SMILES string of the molecule is O=C(Cc1c[nH]c2ccc(F)cc12)N1CCN(c2ccc(S(=O)(=O)Nc3ccncn3)cc2)CC1.O=C1C(Oc2c(F)cccc2F)CCN1c1ccc(S(=O)(=O)Nc2nccs2)cc1.O=C1[C@@H](NCCc2ccc(Cl)cc2)CCN1c1ccc(S(=O)(=O)Nc2nccs2)cc1.O=S(=O)(Nc1nccs1)c1ccc(N2CCC3(CC2)Cc2ccccc2C3)cc1.[HH].[HH].[HH].[HH].[HH].[HH]. The number of sulfonamides is 4. The lowest BCUT2D eigenvalue weighted by molar-refractivity contribution is -0.130. The van der Waals surface area contributed by atoms with E-state index in [4.69, 9.17) is 16.3 Å². The number of nitrogens with one attached hydrogen (secondary N) is 6. The molecule has 1 spiro atoms. The van der Waals surface area contributed by atoms with Crippen LogP contribution < -0.4 is 48.5 Å². The highest BCUT2D eigenvalue weighted by atomic mass is 35.5. The molecule has 8 aromatic carbocycles. The van der Waals surface area contributed by atoms with Crippen LogP contribution in [-0.4, -0.2) is 157 Å². The first-order valence-electron chi connectivity index (χ1n) is 39.5. The van der Waals surface area contributed by atoms with Crippen LogP contribution in [0.4, 0.5) is 57.1 Å². The number of H-pyrrole nitrogens is 1. The van der Waals surface area contributed by atoms with Crippen molar-refractivity contribution in [1.82, 2.24) is 40.1 Å². The number of nitrogens with zero attached hydrogens (tertiary/aromatic N) is 10. The van der Waals surface area contributed by atoms with Crippen LogP contribution >= 0.6 is 45.6 Å². The largest absolute Gasteiger partial charge is 0.474 e. The highest BCUT2D eigenvalue weighted by Gasteiger charge is 2.41. The third-order valence-corrected chi connectivity index (χ3v) is 29.9. The number of para-hydroxylation sites is 1. The van der Waals surface area contributed by atoms with E-state index >= 15 is 0 Å². The van der Waals surface area contributed by atoms with E-state index in [1.54, 1.807) is 92.9 Å². The van der Waals surface area contributed by atoms with Gasteiger partial charge in [0, 0.05) is 153 Å². The highest BCUT2D eigenvalue weighted by Crippen LogP contribution is 2.46. The molecule has 4 fully saturated rings. The second-order valence-electron chi connectivity index (χ2n) is 29.8. The van der Waals surface area contributed by atoms with Gasteiger partial charge in [0.1, 0.15) is 18.0 Å². The number of ether oxygens (including phenoxy) is 1. The Kier molecular flexibility index (Phi) is 27.2. The van der Waals surface area contributed by atoms with Gasteiger partial charge in [-0.25, -0.2) is 71.8 Å². The summed E-state index contributed by atoms with van der Waals surface area (Å²) in [7, 11) is -14.9. The van der Waals surface area contributed by atoms with E-state index in [1.807, 2.05) is 36.4 Å². The fourth-order valence-electron chi connectivity index (χ4n) is 15.2. The second-order valence-corrected chi connectivity index (χ2v) is 39.6. The fraction of sp³-hybridized carbons (Fsp3) is 0.233. The van der Waals surface area contributed by atoms with Gasteiger partial charge >= 0.3 is 0 Å². The van der Waals surface area contributed by atoms with Crippen LogP contribution in [0.15, 0.2) is 261 Å². The zero-order valence-corrected chi connectivity index (χ0v) is 73.0. The maximum absolute atomic E-state index is 13.8. The number of carbonyl (C=O) groups excluding carboxylic acids is 3. The third-order valence-electron chi connectivity index (χ3n) is 21.8. The summed E-state index contributed by atoms with van der Waals surface area (Å²) in [4.78, 5) is 70.7. The summed E-state index contributed by atoms with van der Waals surface area (Å²) in [6.45, 7) is 5.90. The Morgan fingerprint density at radius 3 is 1.51 bits per heavy atom. The van der Waals surface area contributed by atoms with Crippen LogP contribution in [0.25, 0.3) is 10.9 Å². The van der Waals surface area contributed by atoms with E-state index < -0.39 is 69.5 Å². The Hall–Kier alpha value is -11.9. The molecule has 1 unspecified atom stereocenters. The number of aromatic nitrogens is 6. The monoisotopic (exact) mass is 1860 g/mol. The zero-order chi connectivity index (χ0) is 87.5. The summed E-state index contributed by atoms with van der Waals surface area (Å²) in [6.07, 6.45) is 14.7. The van der Waals surface area contributed by atoms with Gasteiger partial charge in [-0.2, -0.15) is 0 Å². The topological polar surface area (TPSA) is 354 Å². The first-order chi connectivity index (χ1) is 60.2. The van der Waals surface area contributed by atoms with Crippen molar-refractivity contribution in [2.24, 2.45) is 5.41 Å². The molecule has 0 saturated carbocycles. The maximum Gasteiger partial charge on any atom is 0.268 e. The first-order valence-corrected chi connectivity index (χ1v) is 48.4. The molecule has 4 aliphatic heterocycles. The summed E-state index contributed by atoms with van der Waals surface area (Å²) >= 11 is 9.53. The number of piperidine rings is 1. The molecule has 5 aliphatic rings. The maximum atomic E-state index is 13.8. The Morgan fingerprint density at radius 1 is 0.528 bits per heavy atom. The summed E-state index contributed by atoms with van der Waals surface area (Å²) in [5.41, 5.74) is 9.27. The van der Waals surface area contributed by atoms with Gasteiger partial charge in [0.2, 0.25) is 11.8 Å². The van der Waals surface area contributed by atoms with Gasteiger partial charge in [-0.1, -0.05) is 54.1 Å². The summed E-state index contributed by atoms with van der Waals surface area (Å²) in [5.74, 6) is -2.97. The Morgan fingerprint density at radius 2 is 1.02 bits per heavy atom. The number of benzene rings is 8. The van der Waals surface area contributed by atoms with Gasteiger partial charge in [-0.15, -0.1) is 34.0 Å². The van der Waals surface area contributed by atoms with Gasteiger partial charge in [-0.05, 0) is 218 Å². The molecule has 6 N–H and O–H groups in total. The van der Waals surface area contributed by atoms with Crippen LogP contribution in [0.5, 0.6) is 5.75 Å². The first kappa shape index (κ1) is 88.0. The number of piperazine rings is 1. The molecule has 1 aliphatic carbocycles. The van der Waals surface area contributed by atoms with E-state index in [2.05, 4.69) is 88.2 Å². The molecule has 28 nitrogen and oxygen atoms in total. The Bertz CT molecular complexity index is 6400. The van der Waals surface area contributed by atoms with Crippen molar-refractivity contribution in [3.05, 3.63) is 286 Å². The standard InChI is InChI=1S/C24H23FN6O3S.C22H23N3O2S2.C21H21ClN4O3S2.C19H15F2N3O4S2.6H2/c25-18-1-6-22-21(14-18)17(15-27-22)13-24(32)31-11-9-30(10-12-31)19-2-4-20(5-3-19)35(33,34)29-23-7-8-26-16-28-23;26-29(27,24-21-23-11-14-28-21)20-7-5-19(6-8-20)25-12-9-22(10-13-25)15-17-3-1-2-4-18(17)16-22;22-16-3-1-15(2-4-16)9-11-23-19-10-13-26(20(19)27)17-5-7-18(8-6-17)31(28,29)25-21-24-12-14-30-21;20-14-2-1-3-15(21)17(14)28-16-8-10-24(18(16)25)12-4-6-13(7-5-12)30(26,27)23-19-22-9-11-29-19;;;;;;/h1-8,14-16,27H,9-13H2,(H,26,28,29);1-8,11,14H,9-10,12-13,15-16H2,(H,23,24);1-8,12,14,19,23H,9-11,13H2,(H,24,25);1-7,9,11,16H,8,10H2,(H,22,23);6*1H/t;;19-;;;;;;;/m..0......./s1. The minimum Gasteiger partial charge on any atom is -0.474 e. The van der Waals surface area contributed by atoms with Crippen LogP contribution in [0.2, 0.25) is 5.02 Å². The van der Waals surface area contributed by atoms with Gasteiger partial charge in [-0.3, -0.25) is 33.3 Å². The van der Waals surface area contributed by atoms with Gasteiger partial charge in [0.15, 0.2) is 38.9 Å². The molecule has 5 aromatic heterocycles. The van der Waals surface area contributed by atoms with E-state index in [-0.39, 0.29) is 82.2 Å². The predicted molar refractivity (Wildman–Crippen MR) is 490 cm³/mol. The van der Waals surface area contributed by atoms with Crippen molar-refractivity contribution in [3.8, 4) is 5.75 Å². The molecular formula is C86H94ClF3N16O12S7. The number of aromatic amines is 1. The Balaban J connectivity index is 0.000000194. The number of hydrogen-bond acceptors (Lipinski definition) is 23. The van der Waals surface area contributed by atoms with Crippen molar-refractivity contribution in [3.63, 3.8) is 0 Å². The molecule has 125 heavy (non-hydrogen) atoms. The molecule has 3 amide bonds. The summed E-state index contributed by atoms with van der Waals surface area (Å²) in [6, 6.07) is 51.4. The zero-order valence-electron chi connectivity index (χ0n) is 66.5. The Labute approximate surface area is 745 Å².